The van der Waals surface area contributed by atoms with Gasteiger partial charge >= 0.3 is 8.80 Å². The van der Waals surface area contributed by atoms with Crippen LogP contribution in [-0.2, 0) is 8.85 Å². The zero-order valence-electron chi connectivity index (χ0n) is 22.3. The van der Waals surface area contributed by atoms with Crippen LogP contribution >= 0.6 is 0 Å². The Morgan fingerprint density at radius 1 is 0.781 bits per heavy atom. The molecule has 1 heterocycles. The van der Waals surface area contributed by atoms with Crippen molar-refractivity contribution < 1.29 is 27.7 Å². The Kier molecular flexibility index (Phi) is 13.5. The first kappa shape index (κ1) is 30.0. The third-order valence-electron chi connectivity index (χ3n) is 7.83. The predicted molar refractivity (Wildman–Crippen MR) is 135 cm³/mol. The fourth-order valence-electron chi connectivity index (χ4n) is 5.26. The number of rotatable bonds is 16. The van der Waals surface area contributed by atoms with E-state index in [1.807, 2.05) is 0 Å². The molecule has 0 aromatic carbocycles. The maximum absolute atomic E-state index is 11.2. The highest BCUT2D eigenvalue weighted by Crippen LogP contribution is 2.34. The number of aliphatic hydroxyl groups excluding tert-OH is 1. The summed E-state index contributed by atoms with van der Waals surface area (Å²) in [5.74, 6) is 0. The largest absolute Gasteiger partial charge is 0.498 e. The minimum atomic E-state index is -3.13. The lowest BCUT2D eigenvalue weighted by Gasteiger charge is -2.48. The van der Waals surface area contributed by atoms with E-state index in [2.05, 4.69) is 42.0 Å². The fourth-order valence-corrected chi connectivity index (χ4v) is 7.08. The number of unbranched alkanes of at least 4 members (excludes halogenated alkanes) is 5. The van der Waals surface area contributed by atoms with Crippen LogP contribution in [0.1, 0.15) is 84.5 Å². The van der Waals surface area contributed by atoms with E-state index in [1.54, 1.807) is 0 Å². The minimum Gasteiger partial charge on any atom is -0.396 e. The number of aliphatic hydroxyl groups is 1. The predicted octanol–water partition coefficient (Wildman–Crippen LogP) is 4.18. The second-order valence-electron chi connectivity index (χ2n) is 11.3. The zero-order chi connectivity index (χ0) is 24.1. The molecule has 0 aliphatic carbocycles. The van der Waals surface area contributed by atoms with Gasteiger partial charge in [-0.3, -0.25) is 0 Å². The molecule has 7 heteroatoms. The van der Waals surface area contributed by atoms with Crippen molar-refractivity contribution in [2.75, 3.05) is 67.6 Å². The van der Waals surface area contributed by atoms with E-state index in [0.717, 1.165) is 41.2 Å². The average molecular weight is 477 g/mol. The molecule has 6 nitrogen and oxygen atoms in total. The van der Waals surface area contributed by atoms with Crippen molar-refractivity contribution in [1.82, 2.24) is 0 Å². The molecule has 1 fully saturated rings. The molecule has 0 amide bonds. The molecule has 0 saturated carbocycles. The van der Waals surface area contributed by atoms with E-state index in [-0.39, 0.29) is 12.1 Å². The molecule has 1 atom stereocenters. The Hall–Kier alpha value is -0.0231. The van der Waals surface area contributed by atoms with Crippen LogP contribution in [0.15, 0.2) is 0 Å². The molecular weight excluding hydrogens is 420 g/mol. The van der Waals surface area contributed by atoms with Crippen LogP contribution in [0.4, 0.5) is 0 Å². The van der Waals surface area contributed by atoms with E-state index in [9.17, 15) is 9.90 Å². The van der Waals surface area contributed by atoms with Crippen LogP contribution in [0.25, 0.3) is 0 Å². The number of quaternary nitrogens is 2. The highest BCUT2D eigenvalue weighted by Gasteiger charge is 2.47. The summed E-state index contributed by atoms with van der Waals surface area (Å²) < 4.78 is 14.0. The summed E-state index contributed by atoms with van der Waals surface area (Å²) in [7, 11) is 5.81. The summed E-state index contributed by atoms with van der Waals surface area (Å²) in [5, 5.41) is 9.64. The molecule has 1 rings (SSSR count). The van der Waals surface area contributed by atoms with Crippen LogP contribution in [0, 0.1) is 0 Å². The van der Waals surface area contributed by atoms with Crippen molar-refractivity contribution in [2.24, 2.45) is 0 Å². The maximum Gasteiger partial charge on any atom is 0.498 e. The summed E-state index contributed by atoms with van der Waals surface area (Å²) >= 11 is 0. The van der Waals surface area contributed by atoms with Gasteiger partial charge in [-0.25, -0.2) is 0 Å². The molecule has 0 bridgehead atoms. The molecule has 192 valence electrons. The van der Waals surface area contributed by atoms with Gasteiger partial charge in [0.1, 0.15) is 5.54 Å². The fraction of sp³-hybridized carbons (Fsp3) is 1.00. The van der Waals surface area contributed by atoms with E-state index >= 15 is 0 Å². The Morgan fingerprint density at radius 3 is 1.78 bits per heavy atom. The Bertz CT molecular complexity index is 491. The van der Waals surface area contributed by atoms with Gasteiger partial charge in [0.2, 0.25) is 0 Å². The first-order chi connectivity index (χ1) is 15.1. The molecule has 0 aromatic rings. The lowest BCUT2D eigenvalue weighted by Crippen LogP contribution is -2.60. The zero-order valence-corrected chi connectivity index (χ0v) is 23.3. The van der Waals surface area contributed by atoms with Gasteiger partial charge in [0.05, 0.1) is 47.8 Å². The van der Waals surface area contributed by atoms with E-state index in [4.69, 9.17) is 8.85 Å². The summed E-state index contributed by atoms with van der Waals surface area (Å²) in [5.41, 5.74) is -0.0717. The first-order valence-corrected chi connectivity index (χ1v) is 15.3. The van der Waals surface area contributed by atoms with E-state index in [1.165, 1.54) is 58.0 Å². The van der Waals surface area contributed by atoms with Crippen molar-refractivity contribution in [1.29, 1.82) is 0 Å². The van der Waals surface area contributed by atoms with Crippen LogP contribution in [-0.4, -0.2) is 101 Å². The highest BCUT2D eigenvalue weighted by atomic mass is 28.4. The second kappa shape index (κ2) is 14.4. The van der Waals surface area contributed by atoms with Crippen LogP contribution in [0.2, 0.25) is 6.04 Å². The summed E-state index contributed by atoms with van der Waals surface area (Å²) in [6.07, 6.45) is 12.4. The van der Waals surface area contributed by atoms with Gasteiger partial charge in [0, 0.05) is 51.5 Å². The first-order valence-electron chi connectivity index (χ1n) is 13.3. The van der Waals surface area contributed by atoms with Gasteiger partial charge in [0.25, 0.3) is 0 Å². The minimum absolute atomic E-state index is 0.0717. The summed E-state index contributed by atoms with van der Waals surface area (Å²) in [6.45, 7) is 9.28. The van der Waals surface area contributed by atoms with Crippen LogP contribution in [0.3, 0.4) is 0 Å². The topological polar surface area (TPSA) is 58.9 Å². The third-order valence-corrected chi connectivity index (χ3v) is 10.1. The summed E-state index contributed by atoms with van der Waals surface area (Å²) in [6, 6.07) is 0.654. The second-order valence-corrected chi connectivity index (χ2v) is 13.8. The smallest absolute Gasteiger partial charge is 0.396 e. The van der Waals surface area contributed by atoms with Gasteiger partial charge in [-0.2, -0.15) is 0 Å². The maximum atomic E-state index is 11.2. The molecule has 1 unspecified atom stereocenters. The third kappa shape index (κ3) is 10.1. The molecular formula is C25H56N2O4Si+2. The SMILES string of the molecule is CCCCCC[N+](C)(CCCCC)CCC[Si]1(O)OCCC(CCO)([N+](C)(C)C)CCO1. The molecule has 2 N–H and O–H groups in total. The van der Waals surface area contributed by atoms with Crippen molar-refractivity contribution >= 4 is 8.80 Å². The Labute approximate surface area is 200 Å². The van der Waals surface area contributed by atoms with Gasteiger partial charge in [0.15, 0.2) is 0 Å². The Balaban J connectivity index is 2.62. The molecule has 1 aliphatic rings. The average Bonchev–Trinajstić information content (AvgIpc) is 2.69. The highest BCUT2D eigenvalue weighted by molar-refractivity contribution is 6.59. The molecule has 1 aliphatic heterocycles. The lowest BCUT2D eigenvalue weighted by molar-refractivity contribution is -0.926. The van der Waals surface area contributed by atoms with E-state index in [0.29, 0.717) is 19.3 Å². The molecule has 0 aromatic heterocycles. The number of nitrogens with zero attached hydrogens (tertiary/aromatic N) is 2. The molecule has 0 radical (unpaired) electrons. The lowest BCUT2D eigenvalue weighted by atomic mass is 9.85. The quantitative estimate of drug-likeness (QED) is 0.199. The normalized spacial score (nSPS) is 27.0. The van der Waals surface area contributed by atoms with Crippen molar-refractivity contribution in [2.45, 2.75) is 96.1 Å². The van der Waals surface area contributed by atoms with Gasteiger partial charge in [-0.1, -0.05) is 33.1 Å². The van der Waals surface area contributed by atoms with Gasteiger partial charge in [-0.05, 0) is 25.7 Å². The van der Waals surface area contributed by atoms with E-state index < -0.39 is 8.80 Å². The number of hydrogen-bond acceptors (Lipinski definition) is 4. The molecule has 0 spiro atoms. The Morgan fingerprint density at radius 2 is 1.28 bits per heavy atom. The van der Waals surface area contributed by atoms with Crippen LogP contribution in [0.5, 0.6) is 0 Å². The number of hydrogen-bond donors (Lipinski definition) is 2. The van der Waals surface area contributed by atoms with Gasteiger partial charge < -0.3 is 27.7 Å². The molecule has 1 saturated heterocycles. The van der Waals surface area contributed by atoms with Crippen molar-refractivity contribution in [3.05, 3.63) is 0 Å². The molecule has 32 heavy (non-hydrogen) atoms. The standard InChI is InChI=1S/C25H56N2O4Si/c1-7-9-11-13-19-27(6,18-12-10-8-2)20-14-24-32(29)30-22-16-25(15-21-28,17-23-31-32)26(3,4)5/h28-29H,7-24H2,1-6H3/q+2. The van der Waals surface area contributed by atoms with Crippen molar-refractivity contribution in [3.8, 4) is 0 Å². The van der Waals surface area contributed by atoms with Crippen molar-refractivity contribution in [3.63, 3.8) is 0 Å². The summed E-state index contributed by atoms with van der Waals surface area (Å²) in [4.78, 5) is 11.2. The van der Waals surface area contributed by atoms with Gasteiger partial charge in [-0.15, -0.1) is 0 Å². The van der Waals surface area contributed by atoms with Crippen LogP contribution < -0.4 is 0 Å². The monoisotopic (exact) mass is 476 g/mol.